The van der Waals surface area contributed by atoms with Crippen LogP contribution in [-0.2, 0) is 0 Å². The number of ether oxygens (including phenoxy) is 1. The van der Waals surface area contributed by atoms with Crippen LogP contribution < -0.4 is 15.4 Å². The van der Waals surface area contributed by atoms with Crippen LogP contribution in [0.15, 0.2) is 42.5 Å². The molecule has 2 rings (SSSR count). The van der Waals surface area contributed by atoms with Crippen molar-refractivity contribution >= 4 is 17.4 Å². The molecule has 116 valence electrons. The zero-order chi connectivity index (χ0) is 16.1. The number of rotatable bonds is 4. The van der Waals surface area contributed by atoms with Gasteiger partial charge in [0, 0.05) is 11.8 Å². The summed E-state index contributed by atoms with van der Waals surface area (Å²) in [5, 5.41) is 5.03. The van der Waals surface area contributed by atoms with E-state index in [1.807, 2.05) is 13.8 Å². The third-order valence-corrected chi connectivity index (χ3v) is 2.68. The number of hydrogen-bond acceptors (Lipinski definition) is 2. The molecule has 0 saturated carbocycles. The molecule has 0 saturated heterocycles. The zero-order valence-electron chi connectivity index (χ0n) is 12.2. The highest BCUT2D eigenvalue weighted by Crippen LogP contribution is 2.25. The fourth-order valence-corrected chi connectivity index (χ4v) is 1.79. The maximum absolute atomic E-state index is 13.1. The SMILES string of the molecule is CC(C)Oc1ccccc1NC(=O)Nc1ccc(F)c(F)c1. The van der Waals surface area contributed by atoms with Gasteiger partial charge in [0.25, 0.3) is 0 Å². The summed E-state index contributed by atoms with van der Waals surface area (Å²) >= 11 is 0. The molecule has 0 aromatic heterocycles. The van der Waals surface area contributed by atoms with Gasteiger partial charge in [0.15, 0.2) is 11.6 Å². The van der Waals surface area contributed by atoms with Gasteiger partial charge in [-0.2, -0.15) is 0 Å². The van der Waals surface area contributed by atoms with Gasteiger partial charge in [-0.15, -0.1) is 0 Å². The Bertz CT molecular complexity index is 675. The summed E-state index contributed by atoms with van der Waals surface area (Å²) in [6.45, 7) is 3.75. The van der Waals surface area contributed by atoms with Crippen molar-refractivity contribution in [3.63, 3.8) is 0 Å². The lowest BCUT2D eigenvalue weighted by Gasteiger charge is -2.15. The summed E-state index contributed by atoms with van der Waals surface area (Å²) in [6.07, 6.45) is -0.0443. The Balaban J connectivity index is 2.07. The van der Waals surface area contributed by atoms with Gasteiger partial charge in [-0.3, -0.25) is 0 Å². The van der Waals surface area contributed by atoms with Crippen LogP contribution in [0.5, 0.6) is 5.75 Å². The smallest absolute Gasteiger partial charge is 0.323 e. The number of halogens is 2. The minimum absolute atomic E-state index is 0.0443. The predicted molar refractivity (Wildman–Crippen MR) is 81.2 cm³/mol. The normalized spacial score (nSPS) is 10.4. The number of urea groups is 1. The fraction of sp³-hybridized carbons (Fsp3) is 0.188. The molecule has 0 bridgehead atoms. The minimum Gasteiger partial charge on any atom is -0.489 e. The van der Waals surface area contributed by atoms with E-state index in [0.29, 0.717) is 11.4 Å². The molecule has 0 fully saturated rings. The molecule has 0 heterocycles. The number of anilines is 2. The van der Waals surface area contributed by atoms with Crippen LogP contribution in [0, 0.1) is 11.6 Å². The molecule has 0 atom stereocenters. The van der Waals surface area contributed by atoms with Crippen molar-refractivity contribution in [1.82, 2.24) is 0 Å². The molecule has 0 aliphatic rings. The lowest BCUT2D eigenvalue weighted by atomic mass is 10.3. The standard InChI is InChI=1S/C16H16F2N2O2/c1-10(2)22-15-6-4-3-5-14(15)20-16(21)19-11-7-8-12(17)13(18)9-11/h3-10H,1-2H3,(H2,19,20,21). The van der Waals surface area contributed by atoms with Crippen molar-refractivity contribution in [3.8, 4) is 5.75 Å². The monoisotopic (exact) mass is 306 g/mol. The maximum atomic E-state index is 13.1. The van der Waals surface area contributed by atoms with Gasteiger partial charge < -0.3 is 15.4 Å². The summed E-state index contributed by atoms with van der Waals surface area (Å²) in [5.41, 5.74) is 0.634. The minimum atomic E-state index is -1.03. The molecular formula is C16H16F2N2O2. The van der Waals surface area contributed by atoms with Crippen molar-refractivity contribution < 1.29 is 18.3 Å². The van der Waals surface area contributed by atoms with E-state index in [1.165, 1.54) is 6.07 Å². The van der Waals surface area contributed by atoms with Crippen LogP contribution in [0.1, 0.15) is 13.8 Å². The van der Waals surface area contributed by atoms with E-state index in [-0.39, 0.29) is 11.8 Å². The Hall–Kier alpha value is -2.63. The third kappa shape index (κ3) is 4.18. The molecule has 0 unspecified atom stereocenters. The van der Waals surface area contributed by atoms with Gasteiger partial charge in [0.05, 0.1) is 11.8 Å². The van der Waals surface area contributed by atoms with Crippen molar-refractivity contribution in [1.29, 1.82) is 0 Å². The summed E-state index contributed by atoms with van der Waals surface area (Å²) in [6, 6.07) is 9.50. The highest BCUT2D eigenvalue weighted by Gasteiger charge is 2.10. The highest BCUT2D eigenvalue weighted by atomic mass is 19.2. The molecule has 2 amide bonds. The topological polar surface area (TPSA) is 50.4 Å². The van der Waals surface area contributed by atoms with E-state index in [0.717, 1.165) is 12.1 Å². The quantitative estimate of drug-likeness (QED) is 0.880. The second-order valence-corrected chi connectivity index (χ2v) is 4.87. The first-order chi connectivity index (χ1) is 10.5. The third-order valence-electron chi connectivity index (χ3n) is 2.68. The van der Waals surface area contributed by atoms with Crippen molar-refractivity contribution in [2.75, 3.05) is 10.6 Å². The molecule has 2 aromatic carbocycles. The number of carbonyl (C=O) groups is 1. The van der Waals surface area contributed by atoms with Crippen molar-refractivity contribution in [2.24, 2.45) is 0 Å². The van der Waals surface area contributed by atoms with Gasteiger partial charge in [0.1, 0.15) is 5.75 Å². The molecule has 0 spiro atoms. The number of nitrogens with one attached hydrogen (secondary N) is 2. The van der Waals surface area contributed by atoms with Gasteiger partial charge in [0.2, 0.25) is 0 Å². The van der Waals surface area contributed by atoms with E-state index in [4.69, 9.17) is 4.74 Å². The average Bonchev–Trinajstić information content (AvgIpc) is 2.44. The Labute approximate surface area is 127 Å². The lowest BCUT2D eigenvalue weighted by Crippen LogP contribution is -2.20. The Kier molecular flexibility index (Phi) is 4.93. The fourth-order valence-electron chi connectivity index (χ4n) is 1.79. The van der Waals surface area contributed by atoms with Crippen molar-refractivity contribution in [3.05, 3.63) is 54.1 Å². The van der Waals surface area contributed by atoms with E-state index >= 15 is 0 Å². The lowest BCUT2D eigenvalue weighted by molar-refractivity contribution is 0.243. The van der Waals surface area contributed by atoms with Crippen LogP contribution >= 0.6 is 0 Å². The van der Waals surface area contributed by atoms with E-state index in [2.05, 4.69) is 10.6 Å². The number of hydrogen-bond donors (Lipinski definition) is 2. The molecule has 6 heteroatoms. The summed E-state index contributed by atoms with van der Waals surface area (Å²) in [4.78, 5) is 11.9. The van der Waals surface area contributed by atoms with Crippen molar-refractivity contribution in [2.45, 2.75) is 20.0 Å². The number of para-hydroxylation sites is 2. The first-order valence-electron chi connectivity index (χ1n) is 6.74. The van der Waals surface area contributed by atoms with Crippen LogP contribution in [0.3, 0.4) is 0 Å². The summed E-state index contributed by atoms with van der Waals surface area (Å²) in [7, 11) is 0. The van der Waals surface area contributed by atoms with E-state index < -0.39 is 17.7 Å². The van der Waals surface area contributed by atoms with Crippen LogP contribution in [-0.4, -0.2) is 12.1 Å². The maximum Gasteiger partial charge on any atom is 0.323 e. The molecule has 4 nitrogen and oxygen atoms in total. The van der Waals surface area contributed by atoms with Gasteiger partial charge in [-0.25, -0.2) is 13.6 Å². The number of amides is 2. The second kappa shape index (κ2) is 6.89. The Morgan fingerprint density at radius 1 is 1.05 bits per heavy atom. The summed E-state index contributed by atoms with van der Waals surface area (Å²) in [5.74, 6) is -1.47. The number of carbonyl (C=O) groups excluding carboxylic acids is 1. The molecule has 2 aromatic rings. The summed E-state index contributed by atoms with van der Waals surface area (Å²) < 4.78 is 31.5. The first kappa shape index (κ1) is 15.8. The Morgan fingerprint density at radius 2 is 1.77 bits per heavy atom. The zero-order valence-corrected chi connectivity index (χ0v) is 12.2. The van der Waals surface area contributed by atoms with Crippen LogP contribution in [0.2, 0.25) is 0 Å². The highest BCUT2D eigenvalue weighted by molar-refractivity contribution is 6.00. The second-order valence-electron chi connectivity index (χ2n) is 4.87. The molecule has 0 aliphatic carbocycles. The largest absolute Gasteiger partial charge is 0.489 e. The molecule has 2 N–H and O–H groups in total. The Morgan fingerprint density at radius 3 is 2.45 bits per heavy atom. The molecular weight excluding hydrogens is 290 g/mol. The van der Waals surface area contributed by atoms with Crippen LogP contribution in [0.25, 0.3) is 0 Å². The van der Waals surface area contributed by atoms with E-state index in [1.54, 1.807) is 24.3 Å². The molecule has 22 heavy (non-hydrogen) atoms. The first-order valence-corrected chi connectivity index (χ1v) is 6.74. The van der Waals surface area contributed by atoms with Gasteiger partial charge in [-0.05, 0) is 38.1 Å². The average molecular weight is 306 g/mol. The van der Waals surface area contributed by atoms with Gasteiger partial charge in [-0.1, -0.05) is 12.1 Å². The predicted octanol–water partition coefficient (Wildman–Crippen LogP) is 4.40. The van der Waals surface area contributed by atoms with E-state index in [9.17, 15) is 13.6 Å². The molecule has 0 aliphatic heterocycles. The molecule has 0 radical (unpaired) electrons. The number of benzene rings is 2. The van der Waals surface area contributed by atoms with Gasteiger partial charge >= 0.3 is 6.03 Å². The van der Waals surface area contributed by atoms with Crippen LogP contribution in [0.4, 0.5) is 25.0 Å².